The van der Waals surface area contributed by atoms with Gasteiger partial charge in [0.25, 0.3) is 0 Å². The van der Waals surface area contributed by atoms with Crippen LogP contribution in [0.5, 0.6) is 5.75 Å². The quantitative estimate of drug-likeness (QED) is 0.772. The lowest BCUT2D eigenvalue weighted by Crippen LogP contribution is -2.36. The Morgan fingerprint density at radius 3 is 3.13 bits per heavy atom. The smallest absolute Gasteiger partial charge is 0.149 e. The van der Waals surface area contributed by atoms with E-state index in [4.69, 9.17) is 16.3 Å². The average molecular weight is 226 g/mol. The van der Waals surface area contributed by atoms with Crippen molar-refractivity contribution in [2.75, 3.05) is 24.6 Å². The van der Waals surface area contributed by atoms with Gasteiger partial charge in [-0.2, -0.15) is 0 Å². The molecule has 0 radical (unpaired) electrons. The maximum absolute atomic E-state index is 11.1. The standard InChI is InChI=1S/C11H12ClNO2/c1-8(14)7-13-4-5-15-11-3-2-9(12)6-10(11)13/h2-3,6H,4-5,7H2,1H3. The summed E-state index contributed by atoms with van der Waals surface area (Å²) >= 11 is 5.91. The summed E-state index contributed by atoms with van der Waals surface area (Å²) in [4.78, 5) is 13.1. The van der Waals surface area contributed by atoms with Gasteiger partial charge in [0.1, 0.15) is 18.1 Å². The topological polar surface area (TPSA) is 29.5 Å². The molecule has 0 saturated carbocycles. The Bertz CT molecular complexity index is 392. The van der Waals surface area contributed by atoms with Crippen LogP contribution in [0, 0.1) is 0 Å². The Hall–Kier alpha value is -1.22. The molecule has 0 fully saturated rings. The van der Waals surface area contributed by atoms with Gasteiger partial charge in [0, 0.05) is 5.02 Å². The summed E-state index contributed by atoms with van der Waals surface area (Å²) in [6.45, 7) is 3.34. The summed E-state index contributed by atoms with van der Waals surface area (Å²) < 4.78 is 5.48. The summed E-state index contributed by atoms with van der Waals surface area (Å²) in [6, 6.07) is 5.46. The zero-order valence-corrected chi connectivity index (χ0v) is 9.25. The molecule has 0 N–H and O–H groups in total. The molecule has 2 rings (SSSR count). The summed E-state index contributed by atoms with van der Waals surface area (Å²) in [5, 5.41) is 0.660. The van der Waals surface area contributed by atoms with Crippen LogP contribution in [0.15, 0.2) is 18.2 Å². The third-order valence-corrected chi connectivity index (χ3v) is 2.53. The number of Topliss-reactive ketones (excluding diaryl/α,β-unsaturated/α-hetero) is 1. The number of hydrogen-bond acceptors (Lipinski definition) is 3. The molecule has 80 valence electrons. The van der Waals surface area contributed by atoms with Crippen LogP contribution in [0.2, 0.25) is 5.02 Å². The highest BCUT2D eigenvalue weighted by molar-refractivity contribution is 6.31. The molecule has 0 amide bonds. The second kappa shape index (κ2) is 4.11. The maximum atomic E-state index is 11.1. The first-order valence-electron chi connectivity index (χ1n) is 4.83. The molecule has 0 aliphatic carbocycles. The van der Waals surface area contributed by atoms with Gasteiger partial charge in [-0.3, -0.25) is 4.79 Å². The Kier molecular flexibility index (Phi) is 2.82. The Labute approximate surface area is 93.6 Å². The van der Waals surface area contributed by atoms with Crippen molar-refractivity contribution in [3.8, 4) is 5.75 Å². The lowest BCUT2D eigenvalue weighted by Gasteiger charge is -2.30. The minimum Gasteiger partial charge on any atom is -0.490 e. The van der Waals surface area contributed by atoms with E-state index in [0.717, 1.165) is 18.0 Å². The van der Waals surface area contributed by atoms with Crippen molar-refractivity contribution in [2.45, 2.75) is 6.92 Å². The van der Waals surface area contributed by atoms with Crippen molar-refractivity contribution >= 4 is 23.1 Å². The van der Waals surface area contributed by atoms with Crippen LogP contribution in [-0.2, 0) is 4.79 Å². The summed E-state index contributed by atoms with van der Waals surface area (Å²) in [5.74, 6) is 0.940. The third kappa shape index (κ3) is 2.23. The van der Waals surface area contributed by atoms with E-state index in [-0.39, 0.29) is 5.78 Å². The average Bonchev–Trinajstić information content (AvgIpc) is 2.18. The maximum Gasteiger partial charge on any atom is 0.149 e. The van der Waals surface area contributed by atoms with E-state index in [1.165, 1.54) is 0 Å². The molecule has 1 heterocycles. The lowest BCUT2D eigenvalue weighted by atomic mass is 10.2. The highest BCUT2D eigenvalue weighted by Crippen LogP contribution is 2.33. The summed E-state index contributed by atoms with van der Waals surface area (Å²) in [5.41, 5.74) is 0.906. The van der Waals surface area contributed by atoms with E-state index in [0.29, 0.717) is 18.2 Å². The van der Waals surface area contributed by atoms with E-state index in [2.05, 4.69) is 0 Å². The van der Waals surface area contributed by atoms with Gasteiger partial charge in [0.2, 0.25) is 0 Å². The van der Waals surface area contributed by atoms with Gasteiger partial charge in [-0.1, -0.05) is 11.6 Å². The van der Waals surface area contributed by atoms with Crippen molar-refractivity contribution in [2.24, 2.45) is 0 Å². The number of benzene rings is 1. The summed E-state index contributed by atoms with van der Waals surface area (Å²) in [7, 11) is 0. The number of ether oxygens (including phenoxy) is 1. The molecular formula is C11H12ClNO2. The number of hydrogen-bond donors (Lipinski definition) is 0. The molecule has 0 bridgehead atoms. The number of ketones is 1. The number of carbonyl (C=O) groups is 1. The first kappa shape index (κ1) is 10.3. The number of nitrogens with zero attached hydrogens (tertiary/aromatic N) is 1. The molecule has 1 aromatic rings. The van der Waals surface area contributed by atoms with E-state index >= 15 is 0 Å². The molecule has 0 saturated heterocycles. The van der Waals surface area contributed by atoms with Gasteiger partial charge < -0.3 is 9.64 Å². The molecule has 0 spiro atoms. The molecule has 1 aliphatic heterocycles. The van der Waals surface area contributed by atoms with E-state index < -0.39 is 0 Å². The van der Waals surface area contributed by atoms with Crippen LogP contribution in [0.4, 0.5) is 5.69 Å². The number of halogens is 1. The highest BCUT2D eigenvalue weighted by atomic mass is 35.5. The molecule has 0 unspecified atom stereocenters. The number of carbonyl (C=O) groups excluding carboxylic acids is 1. The van der Waals surface area contributed by atoms with Gasteiger partial charge in [-0.05, 0) is 25.1 Å². The minimum absolute atomic E-state index is 0.142. The Morgan fingerprint density at radius 2 is 2.40 bits per heavy atom. The predicted molar refractivity (Wildman–Crippen MR) is 59.8 cm³/mol. The molecular weight excluding hydrogens is 214 g/mol. The Morgan fingerprint density at radius 1 is 1.60 bits per heavy atom. The summed E-state index contributed by atoms with van der Waals surface area (Å²) in [6.07, 6.45) is 0. The zero-order chi connectivity index (χ0) is 10.8. The monoisotopic (exact) mass is 225 g/mol. The van der Waals surface area contributed by atoms with Crippen LogP contribution < -0.4 is 9.64 Å². The van der Waals surface area contributed by atoms with Crippen LogP contribution in [0.3, 0.4) is 0 Å². The largest absolute Gasteiger partial charge is 0.490 e. The van der Waals surface area contributed by atoms with E-state index in [1.54, 1.807) is 13.0 Å². The van der Waals surface area contributed by atoms with Crippen LogP contribution in [0.1, 0.15) is 6.92 Å². The molecule has 3 nitrogen and oxygen atoms in total. The normalized spacial score (nSPS) is 14.4. The highest BCUT2D eigenvalue weighted by Gasteiger charge is 2.18. The molecule has 0 aromatic heterocycles. The van der Waals surface area contributed by atoms with Crippen molar-refractivity contribution < 1.29 is 9.53 Å². The van der Waals surface area contributed by atoms with Crippen LogP contribution in [0.25, 0.3) is 0 Å². The SMILES string of the molecule is CC(=O)CN1CCOc2ccc(Cl)cc21. The van der Waals surface area contributed by atoms with Crippen molar-refractivity contribution in [3.05, 3.63) is 23.2 Å². The predicted octanol–water partition coefficient (Wildman–Crippen LogP) is 2.13. The van der Waals surface area contributed by atoms with E-state index in [1.807, 2.05) is 17.0 Å². The van der Waals surface area contributed by atoms with Gasteiger partial charge in [-0.25, -0.2) is 0 Å². The first-order valence-corrected chi connectivity index (χ1v) is 5.21. The van der Waals surface area contributed by atoms with Gasteiger partial charge in [-0.15, -0.1) is 0 Å². The number of fused-ring (bicyclic) bond motifs is 1. The molecule has 1 aromatic carbocycles. The Balaban J connectivity index is 2.32. The molecule has 1 aliphatic rings. The van der Waals surface area contributed by atoms with Gasteiger partial charge in [0.15, 0.2) is 0 Å². The fourth-order valence-electron chi connectivity index (χ4n) is 1.68. The first-order chi connectivity index (χ1) is 7.16. The fraction of sp³-hybridized carbons (Fsp3) is 0.364. The molecule has 15 heavy (non-hydrogen) atoms. The fourth-order valence-corrected chi connectivity index (χ4v) is 1.85. The van der Waals surface area contributed by atoms with Crippen molar-refractivity contribution in [1.82, 2.24) is 0 Å². The van der Waals surface area contributed by atoms with E-state index in [9.17, 15) is 4.79 Å². The third-order valence-electron chi connectivity index (χ3n) is 2.29. The second-order valence-electron chi connectivity index (χ2n) is 3.58. The van der Waals surface area contributed by atoms with Gasteiger partial charge in [0.05, 0.1) is 18.8 Å². The molecule has 0 atom stereocenters. The van der Waals surface area contributed by atoms with Crippen LogP contribution >= 0.6 is 11.6 Å². The minimum atomic E-state index is 0.142. The number of anilines is 1. The lowest BCUT2D eigenvalue weighted by molar-refractivity contribution is -0.115. The molecule has 4 heteroatoms. The van der Waals surface area contributed by atoms with Crippen LogP contribution in [-0.4, -0.2) is 25.5 Å². The van der Waals surface area contributed by atoms with Gasteiger partial charge >= 0.3 is 0 Å². The van der Waals surface area contributed by atoms with Crippen molar-refractivity contribution in [3.63, 3.8) is 0 Å². The number of rotatable bonds is 2. The second-order valence-corrected chi connectivity index (χ2v) is 4.02. The van der Waals surface area contributed by atoms with Crippen molar-refractivity contribution in [1.29, 1.82) is 0 Å². The zero-order valence-electron chi connectivity index (χ0n) is 8.50.